The summed E-state index contributed by atoms with van der Waals surface area (Å²) in [5.41, 5.74) is 3.08. The summed E-state index contributed by atoms with van der Waals surface area (Å²) in [5.74, 6) is 1.32. The van der Waals surface area contributed by atoms with E-state index in [1.165, 1.54) is 0 Å². The lowest BCUT2D eigenvalue weighted by Gasteiger charge is -2.46. The maximum absolute atomic E-state index is 12.6. The molecular weight excluding hydrogens is 352 g/mol. The second-order valence-electron chi connectivity index (χ2n) is 7.72. The standard InChI is InChI=1S/C22H24N4O2/c1-13-20(25-22-16(12-27)5-4-10-24-22)18-11-17(23-3)8-9-19(18)26(14(2)28)21(13)15-6-7-15/h4-5,8-11,13,15,20-21,27H,6-7,12H2,1-2H3,(H,24,25)/t13-,20-,21-/m1/s1. The molecule has 3 atom stereocenters. The number of hydrogen-bond acceptors (Lipinski definition) is 4. The number of aliphatic hydroxyl groups excluding tert-OH is 1. The Morgan fingerprint density at radius 3 is 2.82 bits per heavy atom. The third-order valence-electron chi connectivity index (χ3n) is 5.90. The fourth-order valence-electron chi connectivity index (χ4n) is 4.47. The average Bonchev–Trinajstić information content (AvgIpc) is 3.54. The number of amides is 1. The lowest BCUT2D eigenvalue weighted by Crippen LogP contribution is -2.51. The first kappa shape index (κ1) is 18.5. The Balaban J connectivity index is 1.83. The molecule has 1 aliphatic carbocycles. The van der Waals surface area contributed by atoms with Gasteiger partial charge >= 0.3 is 0 Å². The minimum absolute atomic E-state index is 0.0351. The molecule has 0 unspecified atom stereocenters. The molecule has 2 aliphatic rings. The summed E-state index contributed by atoms with van der Waals surface area (Å²) in [7, 11) is 0. The molecule has 0 bridgehead atoms. The van der Waals surface area contributed by atoms with Gasteiger partial charge in [0, 0.05) is 36.3 Å². The first-order chi connectivity index (χ1) is 13.5. The van der Waals surface area contributed by atoms with Crippen molar-refractivity contribution in [3.63, 3.8) is 0 Å². The van der Waals surface area contributed by atoms with E-state index in [2.05, 4.69) is 22.1 Å². The van der Waals surface area contributed by atoms with E-state index >= 15 is 0 Å². The fourth-order valence-corrected chi connectivity index (χ4v) is 4.47. The largest absolute Gasteiger partial charge is 0.392 e. The van der Waals surface area contributed by atoms with Gasteiger partial charge in [0.1, 0.15) is 5.82 Å². The first-order valence-corrected chi connectivity index (χ1v) is 9.67. The fraction of sp³-hybridized carbons (Fsp3) is 0.409. The SMILES string of the molecule is [C-]#[N+]c1ccc2c(c1)[C@H](Nc1ncccc1CO)[C@@H](C)[C@H](C1CC1)N2C(C)=O. The summed E-state index contributed by atoms with van der Waals surface area (Å²) in [6, 6.07) is 9.21. The minimum Gasteiger partial charge on any atom is -0.392 e. The number of pyridine rings is 1. The Morgan fingerprint density at radius 2 is 2.18 bits per heavy atom. The third kappa shape index (κ3) is 3.12. The molecule has 2 N–H and O–H groups in total. The second-order valence-corrected chi connectivity index (χ2v) is 7.72. The van der Waals surface area contributed by atoms with Crippen molar-refractivity contribution < 1.29 is 9.90 Å². The maximum Gasteiger partial charge on any atom is 0.224 e. The van der Waals surface area contributed by atoms with E-state index < -0.39 is 0 Å². The van der Waals surface area contributed by atoms with Gasteiger partial charge in [-0.3, -0.25) is 4.79 Å². The topological polar surface area (TPSA) is 69.8 Å². The van der Waals surface area contributed by atoms with Crippen LogP contribution >= 0.6 is 0 Å². The van der Waals surface area contributed by atoms with E-state index in [9.17, 15) is 9.90 Å². The van der Waals surface area contributed by atoms with Gasteiger partial charge in [-0.25, -0.2) is 9.83 Å². The van der Waals surface area contributed by atoms with Crippen molar-refractivity contribution in [2.45, 2.75) is 45.4 Å². The summed E-state index contributed by atoms with van der Waals surface area (Å²) in [4.78, 5) is 22.5. The summed E-state index contributed by atoms with van der Waals surface area (Å²) in [6.07, 6.45) is 3.96. The zero-order valence-electron chi connectivity index (χ0n) is 16.1. The van der Waals surface area contributed by atoms with Crippen LogP contribution in [0.2, 0.25) is 0 Å². The van der Waals surface area contributed by atoms with Crippen molar-refractivity contribution in [1.29, 1.82) is 0 Å². The van der Waals surface area contributed by atoms with Gasteiger partial charge in [-0.15, -0.1) is 0 Å². The van der Waals surface area contributed by atoms with E-state index in [4.69, 9.17) is 6.57 Å². The number of nitrogens with one attached hydrogen (secondary N) is 1. The van der Waals surface area contributed by atoms with Crippen LogP contribution < -0.4 is 10.2 Å². The molecule has 6 heteroatoms. The van der Waals surface area contributed by atoms with Crippen LogP contribution in [0.15, 0.2) is 36.5 Å². The molecule has 1 fully saturated rings. The number of aromatic nitrogens is 1. The lowest BCUT2D eigenvalue weighted by molar-refractivity contribution is -0.117. The molecule has 1 aromatic carbocycles. The molecule has 2 aromatic rings. The van der Waals surface area contributed by atoms with E-state index in [1.807, 2.05) is 23.1 Å². The monoisotopic (exact) mass is 376 g/mol. The highest BCUT2D eigenvalue weighted by molar-refractivity contribution is 5.94. The van der Waals surface area contributed by atoms with Crippen LogP contribution in [-0.4, -0.2) is 22.0 Å². The van der Waals surface area contributed by atoms with Gasteiger partial charge in [-0.2, -0.15) is 0 Å². The average molecular weight is 376 g/mol. The number of carbonyl (C=O) groups excluding carboxylic acids is 1. The van der Waals surface area contributed by atoms with E-state index in [0.717, 1.165) is 29.7 Å². The lowest BCUT2D eigenvalue weighted by atomic mass is 9.79. The van der Waals surface area contributed by atoms with Crippen molar-refractivity contribution in [1.82, 2.24) is 4.98 Å². The predicted molar refractivity (Wildman–Crippen MR) is 108 cm³/mol. The van der Waals surface area contributed by atoms with Crippen LogP contribution in [0, 0.1) is 18.4 Å². The molecule has 28 heavy (non-hydrogen) atoms. The number of anilines is 2. The predicted octanol–water partition coefficient (Wildman–Crippen LogP) is 4.06. The number of nitrogens with zero attached hydrogens (tertiary/aromatic N) is 3. The van der Waals surface area contributed by atoms with E-state index in [1.54, 1.807) is 25.3 Å². The van der Waals surface area contributed by atoms with Crippen LogP contribution in [-0.2, 0) is 11.4 Å². The molecule has 0 spiro atoms. The first-order valence-electron chi connectivity index (χ1n) is 9.67. The smallest absolute Gasteiger partial charge is 0.224 e. The number of aliphatic hydroxyl groups is 1. The van der Waals surface area contributed by atoms with Crippen LogP contribution in [0.5, 0.6) is 0 Å². The molecule has 144 valence electrons. The van der Waals surface area contributed by atoms with Gasteiger partial charge in [0.15, 0.2) is 5.69 Å². The van der Waals surface area contributed by atoms with Gasteiger partial charge in [0.2, 0.25) is 5.91 Å². The quantitative estimate of drug-likeness (QED) is 0.790. The summed E-state index contributed by atoms with van der Waals surface area (Å²) in [5, 5.41) is 13.2. The molecule has 0 radical (unpaired) electrons. The Bertz CT molecular complexity index is 948. The third-order valence-corrected chi connectivity index (χ3v) is 5.90. The molecule has 1 aliphatic heterocycles. The molecule has 0 saturated heterocycles. The van der Waals surface area contributed by atoms with Crippen molar-refractivity contribution >= 4 is 23.1 Å². The normalized spacial score (nSPS) is 23.6. The number of hydrogen-bond donors (Lipinski definition) is 2. The summed E-state index contributed by atoms with van der Waals surface area (Å²) < 4.78 is 0. The Hall–Kier alpha value is -2.91. The maximum atomic E-state index is 12.6. The molecule has 6 nitrogen and oxygen atoms in total. The molecular formula is C22H24N4O2. The highest BCUT2D eigenvalue weighted by Crippen LogP contribution is 2.50. The van der Waals surface area contributed by atoms with Crippen molar-refractivity contribution in [3.8, 4) is 0 Å². The van der Waals surface area contributed by atoms with E-state index in [0.29, 0.717) is 17.4 Å². The van der Waals surface area contributed by atoms with Gasteiger partial charge in [0.25, 0.3) is 0 Å². The molecule has 1 aromatic heterocycles. The summed E-state index contributed by atoms with van der Waals surface area (Å²) >= 11 is 0. The zero-order valence-corrected chi connectivity index (χ0v) is 16.1. The highest BCUT2D eigenvalue weighted by Gasteiger charge is 2.47. The minimum atomic E-state index is -0.0994. The molecule has 2 heterocycles. The van der Waals surface area contributed by atoms with Gasteiger partial charge in [-0.05, 0) is 42.5 Å². The van der Waals surface area contributed by atoms with Crippen LogP contribution in [0.1, 0.15) is 43.9 Å². The number of benzene rings is 1. The Morgan fingerprint density at radius 1 is 1.39 bits per heavy atom. The van der Waals surface area contributed by atoms with Crippen LogP contribution in [0.4, 0.5) is 17.2 Å². The molecule has 1 amide bonds. The number of rotatable bonds is 4. The Kier molecular flexibility index (Phi) is 4.78. The van der Waals surface area contributed by atoms with Gasteiger partial charge in [-0.1, -0.05) is 19.1 Å². The number of fused-ring (bicyclic) bond motifs is 1. The summed E-state index contributed by atoms with van der Waals surface area (Å²) in [6.45, 7) is 11.1. The van der Waals surface area contributed by atoms with Crippen LogP contribution in [0.25, 0.3) is 4.85 Å². The number of carbonyl (C=O) groups is 1. The molecule has 1 saturated carbocycles. The van der Waals surface area contributed by atoms with Crippen molar-refractivity contribution in [3.05, 3.63) is 59.1 Å². The Labute approximate surface area is 165 Å². The van der Waals surface area contributed by atoms with Crippen LogP contribution in [0.3, 0.4) is 0 Å². The second kappa shape index (κ2) is 7.25. The highest BCUT2D eigenvalue weighted by atomic mass is 16.3. The molecule has 4 rings (SSSR count). The van der Waals surface area contributed by atoms with Crippen molar-refractivity contribution in [2.75, 3.05) is 10.2 Å². The zero-order chi connectivity index (χ0) is 19.8. The van der Waals surface area contributed by atoms with Crippen molar-refractivity contribution in [2.24, 2.45) is 11.8 Å². The van der Waals surface area contributed by atoms with Gasteiger partial charge in [0.05, 0.1) is 19.2 Å². The van der Waals surface area contributed by atoms with E-state index in [-0.39, 0.29) is 30.5 Å². The van der Waals surface area contributed by atoms with Gasteiger partial charge < -0.3 is 15.3 Å².